The lowest BCUT2D eigenvalue weighted by molar-refractivity contribution is 0.0492. The van der Waals surface area contributed by atoms with Gasteiger partial charge in [0, 0.05) is 28.6 Å². The van der Waals surface area contributed by atoms with E-state index in [4.69, 9.17) is 4.74 Å². The van der Waals surface area contributed by atoms with Gasteiger partial charge in [-0.1, -0.05) is 6.07 Å². The van der Waals surface area contributed by atoms with Crippen molar-refractivity contribution in [2.45, 2.75) is 39.0 Å². The number of aliphatic hydroxyl groups excluding tert-OH is 1. The van der Waals surface area contributed by atoms with Crippen molar-refractivity contribution in [2.24, 2.45) is 0 Å². The van der Waals surface area contributed by atoms with Gasteiger partial charge in [0.05, 0.1) is 6.10 Å². The predicted octanol–water partition coefficient (Wildman–Crippen LogP) is 3.19. The van der Waals surface area contributed by atoms with Crippen LogP contribution < -0.4 is 10.6 Å². The molecule has 124 valence electrons. The van der Waals surface area contributed by atoms with E-state index in [1.54, 1.807) is 20.8 Å². The minimum Gasteiger partial charge on any atom is -0.444 e. The number of benzene rings is 1. The normalized spacial score (nSPS) is 12.8. The fraction of sp³-hybridized carbons (Fsp3) is 0.533. The second-order valence-electron chi connectivity index (χ2n) is 5.92. The first-order valence-electron chi connectivity index (χ1n) is 6.97. The Morgan fingerprint density at radius 1 is 1.27 bits per heavy atom. The predicted molar refractivity (Wildman–Crippen MR) is 93.8 cm³/mol. The maximum Gasteiger partial charge on any atom is 0.407 e. The number of alkyl carbamates (subject to hydrolysis) is 1. The first-order valence-corrected chi connectivity index (χ1v) is 8.55. The lowest BCUT2D eigenvalue weighted by Crippen LogP contribution is -2.40. The van der Waals surface area contributed by atoms with Crippen molar-refractivity contribution in [2.75, 3.05) is 13.1 Å². The summed E-state index contributed by atoms with van der Waals surface area (Å²) in [5.41, 5.74) is 0.560. The fourth-order valence-corrected chi connectivity index (χ4v) is 2.29. The molecule has 22 heavy (non-hydrogen) atoms. The third-order valence-electron chi connectivity index (χ3n) is 2.57. The highest BCUT2D eigenvalue weighted by molar-refractivity contribution is 9.13. The van der Waals surface area contributed by atoms with E-state index >= 15 is 0 Å². The molecule has 0 aromatic heterocycles. The summed E-state index contributed by atoms with van der Waals surface area (Å²) in [5.74, 6) is 0. The van der Waals surface area contributed by atoms with Crippen LogP contribution >= 0.6 is 31.9 Å². The molecule has 5 nitrogen and oxygen atoms in total. The highest BCUT2D eigenvalue weighted by Crippen LogP contribution is 2.23. The zero-order valence-electron chi connectivity index (χ0n) is 13.0. The third-order valence-corrected chi connectivity index (χ3v) is 4.45. The van der Waals surface area contributed by atoms with Crippen molar-refractivity contribution in [3.63, 3.8) is 0 Å². The first-order chi connectivity index (χ1) is 10.2. The molecule has 0 heterocycles. The van der Waals surface area contributed by atoms with Crippen molar-refractivity contribution in [3.05, 3.63) is 32.7 Å². The van der Waals surface area contributed by atoms with Crippen LogP contribution in [0.5, 0.6) is 0 Å². The molecule has 0 aliphatic rings. The summed E-state index contributed by atoms with van der Waals surface area (Å²) < 4.78 is 7.08. The van der Waals surface area contributed by atoms with Crippen molar-refractivity contribution in [1.29, 1.82) is 0 Å². The highest BCUT2D eigenvalue weighted by Gasteiger charge is 2.16. The fourth-order valence-electron chi connectivity index (χ4n) is 1.62. The molecule has 1 amide bonds. The van der Waals surface area contributed by atoms with Gasteiger partial charge in [-0.2, -0.15) is 0 Å². The van der Waals surface area contributed by atoms with Crippen LogP contribution in [-0.2, 0) is 11.3 Å². The van der Waals surface area contributed by atoms with E-state index in [0.29, 0.717) is 13.1 Å². The van der Waals surface area contributed by atoms with Crippen LogP contribution in [0.25, 0.3) is 0 Å². The topological polar surface area (TPSA) is 70.6 Å². The van der Waals surface area contributed by atoms with Crippen LogP contribution in [0.1, 0.15) is 26.3 Å². The van der Waals surface area contributed by atoms with Crippen LogP contribution in [0.2, 0.25) is 0 Å². The summed E-state index contributed by atoms with van der Waals surface area (Å²) in [6.07, 6.45) is -1.20. The highest BCUT2D eigenvalue weighted by atomic mass is 79.9. The van der Waals surface area contributed by atoms with E-state index in [2.05, 4.69) is 42.5 Å². The Bertz CT molecular complexity index is 504. The molecule has 1 aromatic rings. The zero-order valence-corrected chi connectivity index (χ0v) is 16.1. The van der Waals surface area contributed by atoms with E-state index in [1.165, 1.54) is 0 Å². The number of halogens is 2. The van der Waals surface area contributed by atoms with Gasteiger partial charge >= 0.3 is 6.09 Å². The van der Waals surface area contributed by atoms with Gasteiger partial charge in [-0.15, -0.1) is 0 Å². The van der Waals surface area contributed by atoms with Crippen LogP contribution in [0, 0.1) is 0 Å². The van der Waals surface area contributed by atoms with Crippen LogP contribution in [0.4, 0.5) is 4.79 Å². The number of nitrogens with one attached hydrogen (secondary N) is 2. The van der Waals surface area contributed by atoms with Crippen molar-refractivity contribution in [3.8, 4) is 0 Å². The summed E-state index contributed by atoms with van der Waals surface area (Å²) >= 11 is 6.86. The molecule has 0 fully saturated rings. The summed E-state index contributed by atoms with van der Waals surface area (Å²) in [7, 11) is 0. The molecule has 7 heteroatoms. The molecule has 1 atom stereocenters. The maximum atomic E-state index is 11.5. The lowest BCUT2D eigenvalue weighted by atomic mass is 10.2. The Kier molecular flexibility index (Phi) is 7.82. The summed E-state index contributed by atoms with van der Waals surface area (Å²) in [6, 6.07) is 5.96. The number of hydrogen-bond donors (Lipinski definition) is 3. The van der Waals surface area contributed by atoms with Gasteiger partial charge in [0.25, 0.3) is 0 Å². The van der Waals surface area contributed by atoms with Gasteiger partial charge in [-0.05, 0) is 70.3 Å². The van der Waals surface area contributed by atoms with Gasteiger partial charge in [0.15, 0.2) is 0 Å². The van der Waals surface area contributed by atoms with Gasteiger partial charge in [-0.25, -0.2) is 4.79 Å². The van der Waals surface area contributed by atoms with E-state index in [-0.39, 0.29) is 6.54 Å². The summed E-state index contributed by atoms with van der Waals surface area (Å²) in [6.45, 7) is 6.54. The van der Waals surface area contributed by atoms with Gasteiger partial charge in [-0.3, -0.25) is 0 Å². The van der Waals surface area contributed by atoms with E-state index in [0.717, 1.165) is 14.5 Å². The monoisotopic (exact) mass is 436 g/mol. The minimum atomic E-state index is -0.675. The average Bonchev–Trinajstić information content (AvgIpc) is 2.38. The maximum absolute atomic E-state index is 11.5. The number of ether oxygens (including phenoxy) is 1. The van der Waals surface area contributed by atoms with Gasteiger partial charge < -0.3 is 20.5 Å². The molecule has 0 aliphatic carbocycles. The van der Waals surface area contributed by atoms with E-state index in [1.807, 2.05) is 18.2 Å². The molecular weight excluding hydrogens is 416 g/mol. The van der Waals surface area contributed by atoms with Gasteiger partial charge in [0.2, 0.25) is 0 Å². The smallest absolute Gasteiger partial charge is 0.407 e. The second kappa shape index (κ2) is 8.86. The van der Waals surface area contributed by atoms with Crippen LogP contribution in [0.15, 0.2) is 27.1 Å². The molecule has 0 bridgehead atoms. The summed E-state index contributed by atoms with van der Waals surface area (Å²) in [5, 5.41) is 15.5. The van der Waals surface area contributed by atoms with Crippen molar-refractivity contribution < 1.29 is 14.6 Å². The molecule has 0 saturated carbocycles. The summed E-state index contributed by atoms with van der Waals surface area (Å²) in [4.78, 5) is 11.5. The minimum absolute atomic E-state index is 0.145. The second-order valence-corrected chi connectivity index (χ2v) is 7.62. The number of aliphatic hydroxyl groups is 1. The Morgan fingerprint density at radius 2 is 1.95 bits per heavy atom. The van der Waals surface area contributed by atoms with E-state index in [9.17, 15) is 9.90 Å². The molecular formula is C15H22Br2N2O3. The Balaban J connectivity index is 2.24. The van der Waals surface area contributed by atoms with E-state index < -0.39 is 17.8 Å². The number of hydrogen-bond acceptors (Lipinski definition) is 4. The third kappa shape index (κ3) is 8.12. The zero-order chi connectivity index (χ0) is 16.8. The van der Waals surface area contributed by atoms with Crippen molar-refractivity contribution in [1.82, 2.24) is 10.6 Å². The van der Waals surface area contributed by atoms with Crippen LogP contribution in [0.3, 0.4) is 0 Å². The molecule has 0 aliphatic heterocycles. The molecule has 0 saturated heterocycles. The van der Waals surface area contributed by atoms with Gasteiger partial charge in [0.1, 0.15) is 5.60 Å². The molecule has 1 rings (SSSR count). The van der Waals surface area contributed by atoms with Crippen LogP contribution in [-0.4, -0.2) is 36.0 Å². The number of amides is 1. The number of carbonyl (C=O) groups excluding carboxylic acids is 1. The Morgan fingerprint density at radius 3 is 2.55 bits per heavy atom. The molecule has 3 N–H and O–H groups in total. The molecule has 1 aromatic carbocycles. The lowest BCUT2D eigenvalue weighted by Gasteiger charge is -2.20. The number of carbonyl (C=O) groups is 1. The molecule has 0 spiro atoms. The average molecular weight is 438 g/mol. The quantitative estimate of drug-likeness (QED) is 0.639. The van der Waals surface area contributed by atoms with Crippen molar-refractivity contribution >= 4 is 38.0 Å². The molecule has 0 radical (unpaired) electrons. The largest absolute Gasteiger partial charge is 0.444 e. The Labute approximate surface area is 148 Å². The molecule has 0 unspecified atom stereocenters. The standard InChI is InChI=1S/C15H22Br2N2O3/c1-15(2,3)22-14(21)19-9-11(20)8-18-7-10-4-5-12(16)13(17)6-10/h4-6,11,18,20H,7-9H2,1-3H3,(H,19,21)/t11-/m1/s1. The number of rotatable bonds is 6. The first kappa shape index (κ1) is 19.4. The Hall–Kier alpha value is -0.630. The SMILES string of the molecule is CC(C)(C)OC(=O)NC[C@H](O)CNCc1ccc(Br)c(Br)c1.